The van der Waals surface area contributed by atoms with E-state index in [2.05, 4.69) is 31.8 Å². The zero-order valence-electron chi connectivity index (χ0n) is 13.6. The molecule has 0 heterocycles. The zero-order chi connectivity index (χ0) is 17.4. The Morgan fingerprint density at radius 2 is 2.04 bits per heavy atom. The number of amides is 1. The number of rotatable bonds is 7. The highest BCUT2D eigenvalue weighted by Gasteiger charge is 2.11. The Kier molecular flexibility index (Phi) is 6.81. The van der Waals surface area contributed by atoms with Crippen LogP contribution in [0.1, 0.15) is 19.4 Å². The third-order valence-corrected chi connectivity index (χ3v) is 3.67. The van der Waals surface area contributed by atoms with Crippen LogP contribution in [0.3, 0.4) is 0 Å². The van der Waals surface area contributed by atoms with Gasteiger partial charge >= 0.3 is 0 Å². The molecule has 2 aromatic carbocycles. The van der Waals surface area contributed by atoms with Crippen LogP contribution in [0, 0.1) is 0 Å². The number of nitrogens with zero attached hydrogens (tertiary/aromatic N) is 1. The second-order valence-electron chi connectivity index (χ2n) is 5.11. The van der Waals surface area contributed by atoms with Crippen molar-refractivity contribution in [3.05, 3.63) is 58.6 Å². The maximum Gasteiger partial charge on any atom is 0.262 e. The van der Waals surface area contributed by atoms with E-state index in [4.69, 9.17) is 4.74 Å². The highest BCUT2D eigenvalue weighted by atomic mass is 79.9. The molecule has 0 radical (unpaired) electrons. The number of halogens is 1. The maximum atomic E-state index is 12.1. The lowest BCUT2D eigenvalue weighted by molar-refractivity contribution is -0.121. The van der Waals surface area contributed by atoms with Crippen LogP contribution in [0.25, 0.3) is 0 Å². The highest BCUT2D eigenvalue weighted by molar-refractivity contribution is 9.10. The van der Waals surface area contributed by atoms with Crippen LogP contribution >= 0.6 is 15.9 Å². The number of ether oxygens (including phenoxy) is 1. The normalized spacial score (nSPS) is 12.0. The standard InChI is InChI=1S/C18H20BrN3O2/c1-3-24-17-9-7-16(8-10-17)21-13(2)18(23)22-20-12-14-5-4-6-15(19)11-14/h4-13,21H,3H2,1-2H3,(H,22,23). The fraction of sp³-hybridized carbons (Fsp3) is 0.222. The summed E-state index contributed by atoms with van der Waals surface area (Å²) in [5.41, 5.74) is 4.27. The molecule has 0 aromatic heterocycles. The van der Waals surface area contributed by atoms with Crippen LogP contribution in [0.5, 0.6) is 5.75 Å². The summed E-state index contributed by atoms with van der Waals surface area (Å²) in [6.45, 7) is 4.34. The largest absolute Gasteiger partial charge is 0.494 e. The minimum Gasteiger partial charge on any atom is -0.494 e. The highest BCUT2D eigenvalue weighted by Crippen LogP contribution is 2.16. The van der Waals surface area contributed by atoms with Gasteiger partial charge < -0.3 is 10.1 Å². The van der Waals surface area contributed by atoms with Crippen molar-refractivity contribution in [1.82, 2.24) is 5.43 Å². The Labute approximate surface area is 150 Å². The number of carbonyl (C=O) groups excluding carboxylic acids is 1. The van der Waals surface area contributed by atoms with Crippen LogP contribution < -0.4 is 15.5 Å². The van der Waals surface area contributed by atoms with Gasteiger partial charge in [0.25, 0.3) is 5.91 Å². The fourth-order valence-electron chi connectivity index (χ4n) is 1.98. The van der Waals surface area contributed by atoms with E-state index < -0.39 is 6.04 Å². The third-order valence-electron chi connectivity index (χ3n) is 3.18. The van der Waals surface area contributed by atoms with Gasteiger partial charge in [0.2, 0.25) is 0 Å². The van der Waals surface area contributed by atoms with Gasteiger partial charge in [-0.15, -0.1) is 0 Å². The fourth-order valence-corrected chi connectivity index (χ4v) is 2.40. The zero-order valence-corrected chi connectivity index (χ0v) is 15.2. The number of anilines is 1. The third kappa shape index (κ3) is 5.70. The molecule has 2 rings (SSSR count). The van der Waals surface area contributed by atoms with Crippen LogP contribution in [-0.4, -0.2) is 24.8 Å². The van der Waals surface area contributed by atoms with Gasteiger partial charge in [0.15, 0.2) is 0 Å². The van der Waals surface area contributed by atoms with E-state index in [0.717, 1.165) is 21.5 Å². The molecule has 1 atom stereocenters. The monoisotopic (exact) mass is 389 g/mol. The number of hydrazone groups is 1. The van der Waals surface area contributed by atoms with E-state index in [0.29, 0.717) is 6.61 Å². The van der Waals surface area contributed by atoms with Crippen LogP contribution in [-0.2, 0) is 4.79 Å². The van der Waals surface area contributed by atoms with Gasteiger partial charge in [0, 0.05) is 10.2 Å². The van der Waals surface area contributed by atoms with Crippen molar-refractivity contribution in [3.63, 3.8) is 0 Å². The summed E-state index contributed by atoms with van der Waals surface area (Å²) in [6, 6.07) is 14.7. The van der Waals surface area contributed by atoms with Gasteiger partial charge in [-0.25, -0.2) is 5.43 Å². The predicted octanol–water partition coefficient (Wildman–Crippen LogP) is 3.80. The number of benzene rings is 2. The first-order valence-corrected chi connectivity index (χ1v) is 8.45. The molecule has 0 aliphatic carbocycles. The Morgan fingerprint density at radius 1 is 1.29 bits per heavy atom. The molecule has 126 valence electrons. The maximum absolute atomic E-state index is 12.1. The van der Waals surface area contributed by atoms with E-state index in [1.165, 1.54) is 0 Å². The van der Waals surface area contributed by atoms with E-state index in [1.807, 2.05) is 55.5 Å². The van der Waals surface area contributed by atoms with E-state index in [9.17, 15) is 4.79 Å². The smallest absolute Gasteiger partial charge is 0.262 e. The molecule has 0 saturated carbocycles. The first kappa shape index (κ1) is 18.0. The minimum atomic E-state index is -0.414. The molecule has 0 bridgehead atoms. The molecule has 0 saturated heterocycles. The van der Waals surface area contributed by atoms with Gasteiger partial charge in [-0.05, 0) is 55.8 Å². The molecule has 0 aliphatic rings. The predicted molar refractivity (Wildman–Crippen MR) is 101 cm³/mol. The molecule has 0 fully saturated rings. The van der Waals surface area contributed by atoms with Crippen molar-refractivity contribution < 1.29 is 9.53 Å². The van der Waals surface area contributed by atoms with Crippen molar-refractivity contribution in [2.24, 2.45) is 5.10 Å². The van der Waals surface area contributed by atoms with Gasteiger partial charge in [0.05, 0.1) is 12.8 Å². The second kappa shape index (κ2) is 9.08. The lowest BCUT2D eigenvalue weighted by Gasteiger charge is -2.14. The molecular weight excluding hydrogens is 370 g/mol. The first-order chi connectivity index (χ1) is 11.6. The summed E-state index contributed by atoms with van der Waals surface area (Å²) in [5.74, 6) is 0.592. The van der Waals surface area contributed by atoms with Crippen LogP contribution in [0.15, 0.2) is 58.1 Å². The van der Waals surface area contributed by atoms with E-state index in [-0.39, 0.29) is 5.91 Å². The number of hydrogen-bond acceptors (Lipinski definition) is 4. The first-order valence-electron chi connectivity index (χ1n) is 7.66. The molecule has 5 nitrogen and oxygen atoms in total. The summed E-state index contributed by atoms with van der Waals surface area (Å²) in [7, 11) is 0. The Hall–Kier alpha value is -2.34. The molecule has 0 aliphatic heterocycles. The summed E-state index contributed by atoms with van der Waals surface area (Å²) in [6.07, 6.45) is 1.60. The Morgan fingerprint density at radius 3 is 2.71 bits per heavy atom. The lowest BCUT2D eigenvalue weighted by Crippen LogP contribution is -2.34. The van der Waals surface area contributed by atoms with Crippen molar-refractivity contribution in [3.8, 4) is 5.75 Å². The van der Waals surface area contributed by atoms with Crippen molar-refractivity contribution in [2.45, 2.75) is 19.9 Å². The number of hydrogen-bond donors (Lipinski definition) is 2. The molecule has 1 amide bonds. The van der Waals surface area contributed by atoms with Crippen molar-refractivity contribution >= 4 is 33.7 Å². The Balaban J connectivity index is 1.85. The van der Waals surface area contributed by atoms with Gasteiger partial charge in [-0.3, -0.25) is 4.79 Å². The summed E-state index contributed by atoms with van der Waals surface area (Å²) in [5, 5.41) is 7.10. The number of nitrogens with one attached hydrogen (secondary N) is 2. The SMILES string of the molecule is CCOc1ccc(NC(C)C(=O)NN=Cc2cccc(Br)c2)cc1. The topological polar surface area (TPSA) is 62.7 Å². The van der Waals surface area contributed by atoms with Gasteiger partial charge in [0.1, 0.15) is 11.8 Å². The second-order valence-corrected chi connectivity index (χ2v) is 6.03. The van der Waals surface area contributed by atoms with Gasteiger partial charge in [-0.2, -0.15) is 5.10 Å². The molecular formula is C18H20BrN3O2. The average Bonchev–Trinajstić information content (AvgIpc) is 2.57. The molecule has 0 spiro atoms. The summed E-state index contributed by atoms with van der Waals surface area (Å²) < 4.78 is 6.35. The number of carbonyl (C=O) groups is 1. The van der Waals surface area contributed by atoms with Gasteiger partial charge in [-0.1, -0.05) is 28.1 Å². The lowest BCUT2D eigenvalue weighted by atomic mass is 10.2. The van der Waals surface area contributed by atoms with Crippen LogP contribution in [0.2, 0.25) is 0 Å². The van der Waals surface area contributed by atoms with E-state index >= 15 is 0 Å². The van der Waals surface area contributed by atoms with Crippen molar-refractivity contribution in [1.29, 1.82) is 0 Å². The quantitative estimate of drug-likeness (QED) is 0.559. The minimum absolute atomic E-state index is 0.213. The van der Waals surface area contributed by atoms with E-state index in [1.54, 1.807) is 13.1 Å². The average molecular weight is 390 g/mol. The Bertz CT molecular complexity index is 702. The molecule has 2 N–H and O–H groups in total. The molecule has 24 heavy (non-hydrogen) atoms. The molecule has 1 unspecified atom stereocenters. The van der Waals surface area contributed by atoms with Crippen molar-refractivity contribution in [2.75, 3.05) is 11.9 Å². The summed E-state index contributed by atoms with van der Waals surface area (Å²) in [4.78, 5) is 12.1. The molecule has 6 heteroatoms. The summed E-state index contributed by atoms with van der Waals surface area (Å²) >= 11 is 3.39. The molecule has 2 aromatic rings. The van der Waals surface area contributed by atoms with Crippen LogP contribution in [0.4, 0.5) is 5.69 Å².